The van der Waals surface area contributed by atoms with Crippen molar-refractivity contribution in [2.45, 2.75) is 82.6 Å². The van der Waals surface area contributed by atoms with E-state index in [9.17, 15) is 18.8 Å². The Labute approximate surface area is 153 Å². The molecular formula is C18H30FN3O4. The Hall–Kier alpha value is -1.70. The zero-order chi connectivity index (χ0) is 19.5. The Morgan fingerprint density at radius 3 is 2.38 bits per heavy atom. The number of hydrogen-bond acceptors (Lipinski definition) is 5. The summed E-state index contributed by atoms with van der Waals surface area (Å²) in [4.78, 5) is 38.5. The van der Waals surface area contributed by atoms with E-state index in [-0.39, 0.29) is 19.1 Å². The fourth-order valence-corrected chi connectivity index (χ4v) is 3.72. The Bertz CT molecular complexity index is 557. The lowest BCUT2D eigenvalue weighted by Gasteiger charge is -2.35. The summed E-state index contributed by atoms with van der Waals surface area (Å²) in [6.45, 7) is 4.47. The van der Waals surface area contributed by atoms with Crippen LogP contribution in [-0.2, 0) is 14.3 Å². The van der Waals surface area contributed by atoms with E-state index in [4.69, 9.17) is 10.5 Å². The highest BCUT2D eigenvalue weighted by atomic mass is 19.1. The van der Waals surface area contributed by atoms with Crippen molar-refractivity contribution in [3.05, 3.63) is 0 Å². The van der Waals surface area contributed by atoms with Crippen LogP contribution in [0.4, 0.5) is 9.18 Å². The summed E-state index contributed by atoms with van der Waals surface area (Å²) in [6, 6.07) is 0.190. The molecule has 0 spiro atoms. The third-order valence-corrected chi connectivity index (χ3v) is 5.00. The first-order chi connectivity index (χ1) is 12.1. The molecule has 26 heavy (non-hydrogen) atoms. The molecule has 1 saturated carbocycles. The molecule has 1 aliphatic carbocycles. The number of hydrogen-bond donors (Lipinski definition) is 2. The van der Waals surface area contributed by atoms with E-state index >= 15 is 0 Å². The molecule has 148 valence electrons. The van der Waals surface area contributed by atoms with Gasteiger partial charge in [0.1, 0.15) is 11.8 Å². The number of alkyl halides is 1. The number of halogens is 1. The van der Waals surface area contributed by atoms with Gasteiger partial charge in [0, 0.05) is 12.5 Å². The molecule has 3 N–H and O–H groups in total. The predicted molar refractivity (Wildman–Crippen MR) is 94.3 cm³/mol. The number of carbonyl (C=O) groups excluding carboxylic acids is 3. The minimum atomic E-state index is -2.00. The molecule has 2 unspecified atom stereocenters. The number of rotatable bonds is 5. The van der Waals surface area contributed by atoms with Crippen LogP contribution in [-0.4, -0.2) is 59.1 Å². The second-order valence-corrected chi connectivity index (χ2v) is 8.26. The zero-order valence-corrected chi connectivity index (χ0v) is 15.8. The highest BCUT2D eigenvalue weighted by Gasteiger charge is 2.58. The maximum Gasteiger partial charge on any atom is 0.411 e. The molecule has 2 aliphatic rings. The summed E-state index contributed by atoms with van der Waals surface area (Å²) in [5, 5.41) is 3.14. The molecular weight excluding hydrogens is 341 g/mol. The molecule has 1 saturated heterocycles. The summed E-state index contributed by atoms with van der Waals surface area (Å²) >= 11 is 0. The molecule has 2 amide bonds. The number of nitrogens with zero attached hydrogens (tertiary/aromatic N) is 1. The van der Waals surface area contributed by atoms with Crippen molar-refractivity contribution in [1.29, 1.82) is 0 Å². The normalized spacial score (nSPS) is 27.4. The van der Waals surface area contributed by atoms with Crippen LogP contribution in [0.25, 0.3) is 0 Å². The van der Waals surface area contributed by atoms with Crippen LogP contribution in [0.1, 0.15) is 59.3 Å². The second-order valence-electron chi connectivity index (χ2n) is 8.26. The third kappa shape index (κ3) is 4.52. The van der Waals surface area contributed by atoms with Crippen LogP contribution >= 0.6 is 0 Å². The van der Waals surface area contributed by atoms with E-state index in [1.807, 2.05) is 0 Å². The first kappa shape index (κ1) is 20.6. The number of nitrogens with two attached hydrogens (primary N) is 1. The fourth-order valence-electron chi connectivity index (χ4n) is 3.72. The highest BCUT2D eigenvalue weighted by molar-refractivity contribution is 6.13. The van der Waals surface area contributed by atoms with Crippen molar-refractivity contribution >= 4 is 17.8 Å². The molecule has 8 heteroatoms. The lowest BCUT2D eigenvalue weighted by Crippen LogP contribution is -2.63. The number of nitrogens with one attached hydrogen (secondary N) is 1. The van der Waals surface area contributed by atoms with E-state index in [0.29, 0.717) is 0 Å². The Kier molecular flexibility index (Phi) is 6.26. The van der Waals surface area contributed by atoms with Crippen molar-refractivity contribution in [3.63, 3.8) is 0 Å². The van der Waals surface area contributed by atoms with E-state index < -0.39 is 41.5 Å². The van der Waals surface area contributed by atoms with Crippen LogP contribution in [0.5, 0.6) is 0 Å². The third-order valence-electron chi connectivity index (χ3n) is 5.00. The summed E-state index contributed by atoms with van der Waals surface area (Å²) in [7, 11) is 0. The van der Waals surface area contributed by atoms with Gasteiger partial charge >= 0.3 is 6.09 Å². The van der Waals surface area contributed by atoms with E-state index in [0.717, 1.165) is 30.6 Å². The van der Waals surface area contributed by atoms with Gasteiger partial charge in [0.15, 0.2) is 11.3 Å². The van der Waals surface area contributed by atoms with Crippen LogP contribution in [0.2, 0.25) is 0 Å². The lowest BCUT2D eigenvalue weighted by molar-refractivity contribution is -0.140. The number of likely N-dealkylation sites (tertiary alicyclic amines) is 1. The quantitative estimate of drug-likeness (QED) is 0.716. The summed E-state index contributed by atoms with van der Waals surface area (Å²) < 4.78 is 19.4. The van der Waals surface area contributed by atoms with Gasteiger partial charge in [-0.15, -0.1) is 0 Å². The summed E-state index contributed by atoms with van der Waals surface area (Å²) in [5.74, 6) is -1.60. The SMILES string of the molecule is CC(C)(C)OC(=O)N1CC(F)CC1(C(N)=O)C(=O)CNC1CCCCC1. The maximum absolute atomic E-state index is 14.1. The molecule has 0 radical (unpaired) electrons. The van der Waals surface area contributed by atoms with Gasteiger partial charge in [-0.3, -0.25) is 14.5 Å². The predicted octanol–water partition coefficient (Wildman–Crippen LogP) is 1.68. The number of ether oxygens (including phenoxy) is 1. The monoisotopic (exact) mass is 371 g/mol. The van der Waals surface area contributed by atoms with Gasteiger partial charge < -0.3 is 15.8 Å². The lowest BCUT2D eigenvalue weighted by atomic mass is 9.88. The van der Waals surface area contributed by atoms with Gasteiger partial charge in [-0.1, -0.05) is 19.3 Å². The molecule has 0 bridgehead atoms. The zero-order valence-electron chi connectivity index (χ0n) is 15.8. The highest BCUT2D eigenvalue weighted by Crippen LogP contribution is 2.34. The van der Waals surface area contributed by atoms with Crippen molar-refractivity contribution in [3.8, 4) is 0 Å². The molecule has 1 heterocycles. The Morgan fingerprint density at radius 1 is 1.23 bits per heavy atom. The molecule has 2 atom stereocenters. The average Bonchev–Trinajstić information content (AvgIpc) is 2.91. The first-order valence-electron chi connectivity index (χ1n) is 9.27. The van der Waals surface area contributed by atoms with Gasteiger partial charge in [-0.25, -0.2) is 9.18 Å². The minimum absolute atomic E-state index is 0.125. The van der Waals surface area contributed by atoms with Crippen LogP contribution in [0.3, 0.4) is 0 Å². The topological polar surface area (TPSA) is 102 Å². The Morgan fingerprint density at radius 2 is 1.85 bits per heavy atom. The molecule has 2 rings (SSSR count). The number of Topliss-reactive ketones (excluding diaryl/α,β-unsaturated/α-hetero) is 1. The number of ketones is 1. The maximum atomic E-state index is 14.1. The van der Waals surface area contributed by atoms with Crippen molar-refractivity contribution in [2.24, 2.45) is 5.73 Å². The molecule has 7 nitrogen and oxygen atoms in total. The minimum Gasteiger partial charge on any atom is -0.444 e. The van der Waals surface area contributed by atoms with Crippen molar-refractivity contribution in [2.75, 3.05) is 13.1 Å². The van der Waals surface area contributed by atoms with Gasteiger partial charge in [0.2, 0.25) is 0 Å². The van der Waals surface area contributed by atoms with Crippen LogP contribution in [0.15, 0.2) is 0 Å². The van der Waals surface area contributed by atoms with Gasteiger partial charge in [0.05, 0.1) is 13.1 Å². The summed E-state index contributed by atoms with van der Waals surface area (Å²) in [6.07, 6.45) is 2.43. The Balaban J connectivity index is 2.17. The van der Waals surface area contributed by atoms with Crippen LogP contribution in [0, 0.1) is 0 Å². The molecule has 2 fully saturated rings. The fraction of sp³-hybridized carbons (Fsp3) is 0.833. The van der Waals surface area contributed by atoms with Gasteiger partial charge in [-0.2, -0.15) is 0 Å². The number of carbonyl (C=O) groups is 3. The van der Waals surface area contributed by atoms with Crippen molar-refractivity contribution in [1.82, 2.24) is 10.2 Å². The second kappa shape index (κ2) is 7.90. The molecule has 1 aliphatic heterocycles. The van der Waals surface area contributed by atoms with E-state index in [1.54, 1.807) is 20.8 Å². The van der Waals surface area contributed by atoms with Gasteiger partial charge in [-0.05, 0) is 33.6 Å². The average molecular weight is 371 g/mol. The number of primary amides is 1. The van der Waals surface area contributed by atoms with Gasteiger partial charge in [0.25, 0.3) is 5.91 Å². The smallest absolute Gasteiger partial charge is 0.411 e. The molecule has 0 aromatic carbocycles. The van der Waals surface area contributed by atoms with E-state index in [2.05, 4.69) is 5.32 Å². The largest absolute Gasteiger partial charge is 0.444 e. The molecule has 0 aromatic rings. The first-order valence-corrected chi connectivity index (χ1v) is 9.27. The molecule has 0 aromatic heterocycles. The van der Waals surface area contributed by atoms with Crippen LogP contribution < -0.4 is 11.1 Å². The van der Waals surface area contributed by atoms with E-state index in [1.165, 1.54) is 6.42 Å². The number of amides is 2. The standard InChI is InChI=1S/C18H30FN3O4/c1-17(2,3)26-16(25)22-11-12(19)9-18(22,15(20)24)14(23)10-21-13-7-5-4-6-8-13/h12-13,21H,4-11H2,1-3H3,(H2,20,24). The van der Waals surface area contributed by atoms with Crippen molar-refractivity contribution < 1.29 is 23.5 Å². The summed E-state index contributed by atoms with van der Waals surface area (Å²) in [5.41, 5.74) is 2.66.